The molecule has 3 aromatic rings. The van der Waals surface area contributed by atoms with Crippen molar-refractivity contribution in [3.63, 3.8) is 0 Å². The number of hydrogen-bond acceptors (Lipinski definition) is 2. The van der Waals surface area contributed by atoms with Crippen LogP contribution in [0.25, 0.3) is 11.0 Å². The molecule has 0 amide bonds. The van der Waals surface area contributed by atoms with Gasteiger partial charge in [-0.25, -0.2) is 4.98 Å². The number of para-hydroxylation sites is 2. The zero-order valence-electron chi connectivity index (χ0n) is 9.68. The number of nitrogens with zero attached hydrogens (tertiary/aromatic N) is 2. The van der Waals surface area contributed by atoms with Gasteiger partial charge in [0.25, 0.3) is 0 Å². The maximum Gasteiger partial charge on any atom is 0.201 e. The maximum absolute atomic E-state index is 5.99. The van der Waals surface area contributed by atoms with Crippen molar-refractivity contribution in [2.75, 3.05) is 5.73 Å². The van der Waals surface area contributed by atoms with E-state index in [0.717, 1.165) is 15.5 Å². The van der Waals surface area contributed by atoms with Crippen LogP contribution >= 0.6 is 15.9 Å². The van der Waals surface area contributed by atoms with Gasteiger partial charge in [0, 0.05) is 4.47 Å². The average Bonchev–Trinajstić information content (AvgIpc) is 2.69. The van der Waals surface area contributed by atoms with E-state index in [1.54, 1.807) is 0 Å². The van der Waals surface area contributed by atoms with Crippen LogP contribution < -0.4 is 5.73 Å². The number of fused-ring (bicyclic) bond motifs is 1. The predicted octanol–water partition coefficient (Wildman–Crippen LogP) is 3.43. The van der Waals surface area contributed by atoms with Crippen molar-refractivity contribution >= 4 is 32.9 Å². The van der Waals surface area contributed by atoms with Crippen molar-refractivity contribution in [2.45, 2.75) is 6.54 Å². The number of nitrogen functional groups attached to an aromatic ring is 1. The summed E-state index contributed by atoms with van der Waals surface area (Å²) in [7, 11) is 0. The van der Waals surface area contributed by atoms with Crippen LogP contribution in [0.15, 0.2) is 53.0 Å². The molecule has 0 fully saturated rings. The van der Waals surface area contributed by atoms with Crippen LogP contribution in [0.4, 0.5) is 5.95 Å². The van der Waals surface area contributed by atoms with Gasteiger partial charge in [-0.2, -0.15) is 0 Å². The van der Waals surface area contributed by atoms with E-state index in [-0.39, 0.29) is 0 Å². The third-order valence-electron chi connectivity index (χ3n) is 2.97. The Hall–Kier alpha value is -1.81. The average molecular weight is 302 g/mol. The number of benzene rings is 2. The molecule has 0 radical (unpaired) electrons. The molecule has 4 heteroatoms. The van der Waals surface area contributed by atoms with Crippen LogP contribution in [-0.4, -0.2) is 9.55 Å². The molecule has 1 heterocycles. The summed E-state index contributed by atoms with van der Waals surface area (Å²) in [4.78, 5) is 4.36. The Morgan fingerprint density at radius 2 is 1.78 bits per heavy atom. The number of halogens is 1. The Bertz CT molecular complexity index is 703. The molecule has 0 bridgehead atoms. The Balaban J connectivity index is 2.10. The largest absolute Gasteiger partial charge is 0.369 e. The molecule has 90 valence electrons. The number of imidazole rings is 1. The number of rotatable bonds is 2. The van der Waals surface area contributed by atoms with Crippen LogP contribution in [-0.2, 0) is 6.54 Å². The monoisotopic (exact) mass is 301 g/mol. The molecule has 0 aliphatic carbocycles. The lowest BCUT2D eigenvalue weighted by atomic mass is 10.2. The Morgan fingerprint density at radius 1 is 1.06 bits per heavy atom. The van der Waals surface area contributed by atoms with Gasteiger partial charge in [0.15, 0.2) is 0 Å². The van der Waals surface area contributed by atoms with Gasteiger partial charge in [-0.15, -0.1) is 0 Å². The minimum absolute atomic E-state index is 0.548. The van der Waals surface area contributed by atoms with Gasteiger partial charge in [-0.3, -0.25) is 0 Å². The first-order valence-electron chi connectivity index (χ1n) is 5.70. The molecule has 0 saturated carbocycles. The van der Waals surface area contributed by atoms with E-state index < -0.39 is 0 Å². The molecule has 0 atom stereocenters. The zero-order chi connectivity index (χ0) is 12.5. The Kier molecular flexibility index (Phi) is 2.80. The second-order valence-electron chi connectivity index (χ2n) is 4.14. The minimum atomic E-state index is 0.548. The number of nitrogens with two attached hydrogens (primary N) is 1. The quantitative estimate of drug-likeness (QED) is 0.788. The smallest absolute Gasteiger partial charge is 0.201 e. The van der Waals surface area contributed by atoms with E-state index >= 15 is 0 Å². The molecule has 0 aliphatic rings. The first-order chi connectivity index (χ1) is 8.75. The van der Waals surface area contributed by atoms with Crippen LogP contribution in [0, 0.1) is 0 Å². The van der Waals surface area contributed by atoms with Crippen molar-refractivity contribution in [2.24, 2.45) is 0 Å². The predicted molar refractivity (Wildman–Crippen MR) is 77.4 cm³/mol. The lowest BCUT2D eigenvalue weighted by molar-refractivity contribution is 0.835. The molecule has 1 aromatic heterocycles. The van der Waals surface area contributed by atoms with E-state index in [4.69, 9.17) is 5.73 Å². The highest BCUT2D eigenvalue weighted by molar-refractivity contribution is 9.10. The molecule has 2 N–H and O–H groups in total. The fourth-order valence-electron chi connectivity index (χ4n) is 2.06. The van der Waals surface area contributed by atoms with Gasteiger partial charge in [0.05, 0.1) is 17.6 Å². The fourth-order valence-corrected chi connectivity index (χ4v) is 2.47. The molecule has 3 nitrogen and oxygen atoms in total. The van der Waals surface area contributed by atoms with Crippen molar-refractivity contribution in [1.82, 2.24) is 9.55 Å². The van der Waals surface area contributed by atoms with Crippen LogP contribution in [0.3, 0.4) is 0 Å². The second kappa shape index (κ2) is 4.46. The molecular formula is C14H12BrN3. The lowest BCUT2D eigenvalue weighted by Crippen LogP contribution is -2.04. The Morgan fingerprint density at radius 3 is 2.61 bits per heavy atom. The molecule has 0 spiro atoms. The molecule has 3 rings (SSSR count). The first-order valence-corrected chi connectivity index (χ1v) is 6.49. The molecule has 0 saturated heterocycles. The summed E-state index contributed by atoms with van der Waals surface area (Å²) >= 11 is 3.56. The minimum Gasteiger partial charge on any atom is -0.369 e. The van der Waals surface area contributed by atoms with Crippen molar-refractivity contribution < 1.29 is 0 Å². The highest BCUT2D eigenvalue weighted by Crippen LogP contribution is 2.22. The van der Waals surface area contributed by atoms with Crippen LogP contribution in [0.1, 0.15) is 5.56 Å². The Labute approximate surface area is 113 Å². The molecule has 0 aliphatic heterocycles. The first kappa shape index (κ1) is 11.3. The molecular weight excluding hydrogens is 290 g/mol. The van der Waals surface area contributed by atoms with E-state index in [2.05, 4.69) is 27.0 Å². The maximum atomic E-state index is 5.99. The molecule has 18 heavy (non-hydrogen) atoms. The van der Waals surface area contributed by atoms with Crippen LogP contribution in [0.5, 0.6) is 0 Å². The highest BCUT2D eigenvalue weighted by Gasteiger charge is 2.08. The van der Waals surface area contributed by atoms with Crippen molar-refractivity contribution in [3.05, 3.63) is 58.6 Å². The number of aromatic nitrogens is 2. The molecule has 2 aromatic carbocycles. The third kappa shape index (κ3) is 1.88. The van der Waals surface area contributed by atoms with E-state index in [0.29, 0.717) is 12.5 Å². The van der Waals surface area contributed by atoms with E-state index in [1.807, 2.05) is 47.0 Å². The topological polar surface area (TPSA) is 43.8 Å². The fraction of sp³-hybridized carbons (Fsp3) is 0.0714. The number of anilines is 1. The summed E-state index contributed by atoms with van der Waals surface area (Å²) in [5, 5.41) is 0. The standard InChI is InChI=1S/C14H12BrN3/c15-11-6-2-1-5-10(11)9-18-13-8-4-3-7-12(13)17-14(18)16/h1-8H,9H2,(H2,16,17). The highest BCUT2D eigenvalue weighted by atomic mass is 79.9. The van der Waals surface area contributed by atoms with Gasteiger partial charge >= 0.3 is 0 Å². The summed E-state index contributed by atoms with van der Waals surface area (Å²) in [5.41, 5.74) is 9.17. The van der Waals surface area contributed by atoms with Crippen LogP contribution in [0.2, 0.25) is 0 Å². The van der Waals surface area contributed by atoms with Gasteiger partial charge in [-0.1, -0.05) is 46.3 Å². The van der Waals surface area contributed by atoms with Crippen molar-refractivity contribution in [1.29, 1.82) is 0 Å². The summed E-state index contributed by atoms with van der Waals surface area (Å²) in [6, 6.07) is 16.1. The SMILES string of the molecule is Nc1nc2ccccc2n1Cc1ccccc1Br. The summed E-state index contributed by atoms with van der Waals surface area (Å²) in [6.45, 7) is 0.716. The lowest BCUT2D eigenvalue weighted by Gasteiger charge is -2.08. The normalized spacial score (nSPS) is 10.9. The van der Waals surface area contributed by atoms with Gasteiger partial charge in [0.1, 0.15) is 0 Å². The summed E-state index contributed by atoms with van der Waals surface area (Å²) < 4.78 is 3.11. The van der Waals surface area contributed by atoms with E-state index in [9.17, 15) is 0 Å². The zero-order valence-corrected chi connectivity index (χ0v) is 11.3. The number of hydrogen-bond donors (Lipinski definition) is 1. The van der Waals surface area contributed by atoms with Gasteiger partial charge < -0.3 is 10.3 Å². The summed E-state index contributed by atoms with van der Waals surface area (Å²) in [5.74, 6) is 0.548. The second-order valence-corrected chi connectivity index (χ2v) is 4.99. The van der Waals surface area contributed by atoms with Crippen molar-refractivity contribution in [3.8, 4) is 0 Å². The third-order valence-corrected chi connectivity index (χ3v) is 3.74. The van der Waals surface area contributed by atoms with Gasteiger partial charge in [-0.05, 0) is 23.8 Å². The van der Waals surface area contributed by atoms with Gasteiger partial charge in [0.2, 0.25) is 5.95 Å². The molecule has 0 unspecified atom stereocenters. The summed E-state index contributed by atoms with van der Waals surface area (Å²) in [6.07, 6.45) is 0. The van der Waals surface area contributed by atoms with E-state index in [1.165, 1.54) is 5.56 Å².